The summed E-state index contributed by atoms with van der Waals surface area (Å²) in [5, 5.41) is 7.69. The maximum absolute atomic E-state index is 5.12. The van der Waals surface area contributed by atoms with Crippen LogP contribution in [0.1, 0.15) is 22.9 Å². The van der Waals surface area contributed by atoms with Gasteiger partial charge < -0.3 is 10.1 Å². The van der Waals surface area contributed by atoms with Crippen molar-refractivity contribution < 1.29 is 4.74 Å². The van der Waals surface area contributed by atoms with Crippen molar-refractivity contribution in [3.8, 4) is 5.88 Å². The van der Waals surface area contributed by atoms with Crippen molar-refractivity contribution in [2.24, 2.45) is 0 Å². The average Bonchev–Trinajstić information content (AvgIpc) is 2.82. The Balaban J connectivity index is 2.18. The number of ether oxygens (including phenoxy) is 1. The lowest BCUT2D eigenvalue weighted by molar-refractivity contribution is 0.395. The Bertz CT molecular complexity index is 512. The second-order valence-corrected chi connectivity index (χ2v) is 4.85. The van der Waals surface area contributed by atoms with Gasteiger partial charge in [-0.05, 0) is 35.9 Å². The van der Waals surface area contributed by atoms with Crippen LogP contribution in [0.5, 0.6) is 5.88 Å². The van der Waals surface area contributed by atoms with Crippen LogP contribution < -0.4 is 10.1 Å². The van der Waals surface area contributed by atoms with Crippen molar-refractivity contribution in [2.75, 3.05) is 14.2 Å². The van der Waals surface area contributed by atoms with E-state index in [0.29, 0.717) is 5.88 Å². The smallest absolute Gasteiger partial charge is 0.216 e. The van der Waals surface area contributed by atoms with E-state index in [1.165, 1.54) is 11.1 Å². The lowest BCUT2D eigenvalue weighted by Crippen LogP contribution is -2.19. The molecule has 0 saturated carbocycles. The summed E-state index contributed by atoms with van der Waals surface area (Å²) in [5.41, 5.74) is 3.63. The van der Waals surface area contributed by atoms with Crippen LogP contribution in [0.3, 0.4) is 0 Å². The zero-order chi connectivity index (χ0) is 13.0. The maximum atomic E-state index is 5.12. The van der Waals surface area contributed by atoms with E-state index in [-0.39, 0.29) is 6.04 Å². The summed E-state index contributed by atoms with van der Waals surface area (Å²) in [7, 11) is 3.59. The van der Waals surface area contributed by atoms with Crippen LogP contribution in [-0.4, -0.2) is 24.1 Å². The fraction of sp³-hybridized carbons (Fsp3) is 0.385. The van der Waals surface area contributed by atoms with E-state index in [1.54, 1.807) is 24.8 Å². The minimum atomic E-state index is 0.274. The molecule has 2 aromatic rings. The van der Waals surface area contributed by atoms with Gasteiger partial charge in [-0.2, -0.15) is 11.3 Å². The van der Waals surface area contributed by atoms with Crippen molar-refractivity contribution in [3.63, 3.8) is 0 Å². The van der Waals surface area contributed by atoms with Crippen LogP contribution in [0.2, 0.25) is 0 Å². The Labute approximate surface area is 111 Å². The number of nitrogens with one attached hydrogen (secondary N) is 1. The van der Waals surface area contributed by atoms with Crippen molar-refractivity contribution in [2.45, 2.75) is 19.4 Å². The van der Waals surface area contributed by atoms with Crippen molar-refractivity contribution in [1.82, 2.24) is 15.3 Å². The molecule has 0 aliphatic rings. The van der Waals surface area contributed by atoms with E-state index in [9.17, 15) is 0 Å². The quantitative estimate of drug-likeness (QED) is 0.899. The molecule has 0 aliphatic heterocycles. The lowest BCUT2D eigenvalue weighted by atomic mass is 10.0. The molecule has 0 amide bonds. The molecule has 5 heteroatoms. The summed E-state index contributed by atoms with van der Waals surface area (Å²) >= 11 is 1.73. The summed E-state index contributed by atoms with van der Waals surface area (Å²) < 4.78 is 5.12. The molecule has 1 unspecified atom stereocenters. The standard InChI is InChI=1S/C13H17N3OS/c1-9-6-18-7-11(9)12(14-2)4-10-5-13(17-3)16-8-15-10/h5-8,12,14H,4H2,1-3H3. The molecule has 1 atom stereocenters. The number of aryl methyl sites for hydroxylation is 1. The van der Waals surface area contributed by atoms with E-state index in [0.717, 1.165) is 12.1 Å². The van der Waals surface area contributed by atoms with Crippen LogP contribution in [0.15, 0.2) is 23.2 Å². The van der Waals surface area contributed by atoms with Crippen molar-refractivity contribution >= 4 is 11.3 Å². The molecule has 0 aliphatic carbocycles. The van der Waals surface area contributed by atoms with E-state index in [1.807, 2.05) is 13.1 Å². The Morgan fingerprint density at radius 1 is 1.39 bits per heavy atom. The van der Waals surface area contributed by atoms with Gasteiger partial charge in [0.2, 0.25) is 5.88 Å². The van der Waals surface area contributed by atoms with Crippen LogP contribution >= 0.6 is 11.3 Å². The lowest BCUT2D eigenvalue weighted by Gasteiger charge is -2.16. The molecule has 0 saturated heterocycles. The topological polar surface area (TPSA) is 47.0 Å². The van der Waals surface area contributed by atoms with Gasteiger partial charge in [0.15, 0.2) is 0 Å². The number of hydrogen-bond acceptors (Lipinski definition) is 5. The second kappa shape index (κ2) is 5.93. The summed E-state index contributed by atoms with van der Waals surface area (Å²) in [6, 6.07) is 2.15. The monoisotopic (exact) mass is 263 g/mol. The molecule has 18 heavy (non-hydrogen) atoms. The summed E-state index contributed by atoms with van der Waals surface area (Å²) in [5.74, 6) is 0.608. The highest BCUT2D eigenvalue weighted by atomic mass is 32.1. The first kappa shape index (κ1) is 13.0. The highest BCUT2D eigenvalue weighted by Gasteiger charge is 2.14. The first-order valence-electron chi connectivity index (χ1n) is 5.79. The Kier molecular flexibility index (Phi) is 4.28. The van der Waals surface area contributed by atoms with Gasteiger partial charge in [0.1, 0.15) is 6.33 Å². The van der Waals surface area contributed by atoms with Gasteiger partial charge in [-0.3, -0.25) is 0 Å². The first-order chi connectivity index (χ1) is 8.74. The number of nitrogens with zero attached hydrogens (tertiary/aromatic N) is 2. The van der Waals surface area contributed by atoms with Crippen molar-refractivity contribution in [1.29, 1.82) is 0 Å². The highest BCUT2D eigenvalue weighted by Crippen LogP contribution is 2.24. The zero-order valence-corrected chi connectivity index (χ0v) is 11.6. The number of rotatable bonds is 5. The largest absolute Gasteiger partial charge is 0.481 e. The molecule has 2 aromatic heterocycles. The Morgan fingerprint density at radius 3 is 2.83 bits per heavy atom. The third-order valence-electron chi connectivity index (χ3n) is 2.94. The van der Waals surface area contributed by atoms with E-state index >= 15 is 0 Å². The third-order valence-corrected chi connectivity index (χ3v) is 3.82. The van der Waals surface area contributed by atoms with E-state index < -0.39 is 0 Å². The molecule has 4 nitrogen and oxygen atoms in total. The van der Waals surface area contributed by atoms with Crippen LogP contribution in [-0.2, 0) is 6.42 Å². The molecule has 0 radical (unpaired) electrons. The molecule has 2 rings (SSSR count). The minimum Gasteiger partial charge on any atom is -0.481 e. The number of methoxy groups -OCH3 is 1. The van der Waals surface area contributed by atoms with Gasteiger partial charge in [0, 0.05) is 24.2 Å². The summed E-state index contributed by atoms with van der Waals surface area (Å²) in [6.45, 7) is 2.14. The number of aromatic nitrogens is 2. The van der Waals surface area contributed by atoms with Crippen molar-refractivity contribution in [3.05, 3.63) is 40.0 Å². The maximum Gasteiger partial charge on any atom is 0.216 e. The fourth-order valence-corrected chi connectivity index (χ4v) is 2.81. The Hall–Kier alpha value is -1.46. The van der Waals surface area contributed by atoms with Crippen LogP contribution in [0.4, 0.5) is 0 Å². The summed E-state index contributed by atoms with van der Waals surface area (Å²) in [6.07, 6.45) is 2.37. The molecule has 0 spiro atoms. The fourth-order valence-electron chi connectivity index (χ4n) is 1.90. The van der Waals surface area contributed by atoms with Gasteiger partial charge >= 0.3 is 0 Å². The molecular weight excluding hydrogens is 246 g/mol. The normalized spacial score (nSPS) is 12.4. The number of hydrogen-bond donors (Lipinski definition) is 1. The predicted octanol–water partition coefficient (Wildman–Crippen LogP) is 2.36. The number of likely N-dealkylation sites (N-methyl/N-ethyl adjacent to an activating group) is 1. The molecule has 1 N–H and O–H groups in total. The van der Waals surface area contributed by atoms with Gasteiger partial charge in [0.05, 0.1) is 7.11 Å². The molecule has 96 valence electrons. The Morgan fingerprint density at radius 2 is 2.22 bits per heavy atom. The average molecular weight is 263 g/mol. The van der Waals surface area contributed by atoms with Crippen LogP contribution in [0.25, 0.3) is 0 Å². The highest BCUT2D eigenvalue weighted by molar-refractivity contribution is 7.08. The molecule has 2 heterocycles. The number of thiophene rings is 1. The van der Waals surface area contributed by atoms with Gasteiger partial charge in [-0.1, -0.05) is 0 Å². The summed E-state index contributed by atoms with van der Waals surface area (Å²) in [4.78, 5) is 8.31. The SMILES string of the molecule is CNC(Cc1cc(OC)ncn1)c1cscc1C. The van der Waals surface area contributed by atoms with Gasteiger partial charge in [-0.25, -0.2) is 9.97 Å². The van der Waals surface area contributed by atoms with Gasteiger partial charge in [0.25, 0.3) is 0 Å². The predicted molar refractivity (Wildman–Crippen MR) is 73.1 cm³/mol. The second-order valence-electron chi connectivity index (χ2n) is 4.11. The zero-order valence-electron chi connectivity index (χ0n) is 10.8. The van der Waals surface area contributed by atoms with Crippen LogP contribution in [0, 0.1) is 6.92 Å². The molecule has 0 bridgehead atoms. The van der Waals surface area contributed by atoms with Gasteiger partial charge in [-0.15, -0.1) is 0 Å². The minimum absolute atomic E-state index is 0.274. The van der Waals surface area contributed by atoms with E-state index in [2.05, 4.69) is 33.0 Å². The third kappa shape index (κ3) is 2.86. The molecular formula is C13H17N3OS. The molecule has 0 aromatic carbocycles. The van der Waals surface area contributed by atoms with E-state index in [4.69, 9.17) is 4.74 Å². The molecule has 0 fully saturated rings. The first-order valence-corrected chi connectivity index (χ1v) is 6.73.